The lowest BCUT2D eigenvalue weighted by Crippen LogP contribution is -2.40. The second-order valence-corrected chi connectivity index (χ2v) is 5.29. The van der Waals surface area contributed by atoms with E-state index in [2.05, 4.69) is 5.32 Å². The first kappa shape index (κ1) is 13.6. The van der Waals surface area contributed by atoms with Gasteiger partial charge >= 0.3 is 5.97 Å². The molecule has 104 valence electrons. The number of nitrogens with one attached hydrogen (secondary N) is 1. The van der Waals surface area contributed by atoms with Crippen LogP contribution in [0.1, 0.15) is 41.9 Å². The average Bonchev–Trinajstić information content (AvgIpc) is 2.70. The summed E-state index contributed by atoms with van der Waals surface area (Å²) in [6, 6.07) is 3.66. The van der Waals surface area contributed by atoms with Gasteiger partial charge in [-0.3, -0.25) is 9.59 Å². The van der Waals surface area contributed by atoms with Crippen LogP contribution in [0.2, 0.25) is 0 Å². The van der Waals surface area contributed by atoms with Crippen molar-refractivity contribution >= 4 is 11.9 Å². The molecule has 2 rings (SSSR count). The van der Waals surface area contributed by atoms with Crippen LogP contribution in [0.3, 0.4) is 0 Å². The molecule has 0 radical (unpaired) electrons. The number of hydrogen-bond acceptors (Lipinski definition) is 2. The first-order valence-electron chi connectivity index (χ1n) is 6.65. The fourth-order valence-corrected chi connectivity index (χ4v) is 2.65. The molecule has 1 heterocycles. The van der Waals surface area contributed by atoms with E-state index in [4.69, 9.17) is 5.11 Å². The van der Waals surface area contributed by atoms with Crippen LogP contribution in [-0.4, -0.2) is 27.6 Å². The number of aliphatic carboxylic acids is 1. The maximum atomic E-state index is 12.1. The Morgan fingerprint density at radius 1 is 1.37 bits per heavy atom. The lowest BCUT2D eigenvalue weighted by Gasteiger charge is -2.27. The van der Waals surface area contributed by atoms with Gasteiger partial charge in [-0.2, -0.15) is 0 Å². The third kappa shape index (κ3) is 2.97. The summed E-state index contributed by atoms with van der Waals surface area (Å²) in [7, 11) is 1.85. The number of amides is 1. The maximum Gasteiger partial charge on any atom is 0.306 e. The molecule has 5 nitrogen and oxygen atoms in total. The van der Waals surface area contributed by atoms with E-state index in [0.29, 0.717) is 18.5 Å². The molecular formula is C14H20N2O3. The number of aromatic nitrogens is 1. The first-order chi connectivity index (χ1) is 8.99. The van der Waals surface area contributed by atoms with Crippen LogP contribution in [0.25, 0.3) is 0 Å². The third-order valence-corrected chi connectivity index (χ3v) is 3.96. The normalized spacial score (nSPS) is 23.1. The lowest BCUT2D eigenvalue weighted by molar-refractivity contribution is -0.143. The molecule has 0 saturated heterocycles. The zero-order valence-electron chi connectivity index (χ0n) is 11.3. The first-order valence-corrected chi connectivity index (χ1v) is 6.65. The van der Waals surface area contributed by atoms with Crippen molar-refractivity contribution in [3.63, 3.8) is 0 Å². The van der Waals surface area contributed by atoms with Crippen LogP contribution in [0.15, 0.2) is 12.1 Å². The minimum absolute atomic E-state index is 0.0300. The highest BCUT2D eigenvalue weighted by Crippen LogP contribution is 2.24. The van der Waals surface area contributed by atoms with Gasteiger partial charge in [-0.15, -0.1) is 0 Å². The lowest BCUT2D eigenvalue weighted by atomic mass is 9.86. The molecule has 0 bridgehead atoms. The van der Waals surface area contributed by atoms with Crippen molar-refractivity contribution in [2.75, 3.05) is 0 Å². The summed E-state index contributed by atoms with van der Waals surface area (Å²) < 4.78 is 1.84. The van der Waals surface area contributed by atoms with E-state index in [1.54, 1.807) is 6.07 Å². The molecular weight excluding hydrogens is 244 g/mol. The number of carbonyl (C=O) groups is 2. The Labute approximate surface area is 112 Å². The smallest absolute Gasteiger partial charge is 0.306 e. The van der Waals surface area contributed by atoms with E-state index in [1.807, 2.05) is 24.6 Å². The number of aryl methyl sites for hydroxylation is 1. The van der Waals surface area contributed by atoms with Crippen LogP contribution in [0.4, 0.5) is 0 Å². The molecule has 1 saturated carbocycles. The summed E-state index contributed by atoms with van der Waals surface area (Å²) in [5.74, 6) is -1.20. The number of carboxylic acid groups (broad SMARTS) is 1. The highest BCUT2D eigenvalue weighted by atomic mass is 16.4. The molecule has 0 aliphatic heterocycles. The zero-order valence-corrected chi connectivity index (χ0v) is 11.3. The second kappa shape index (κ2) is 5.47. The van der Waals surface area contributed by atoms with Gasteiger partial charge in [0.2, 0.25) is 0 Å². The summed E-state index contributed by atoms with van der Waals surface area (Å²) in [5.41, 5.74) is 1.65. The molecule has 1 aliphatic carbocycles. The van der Waals surface area contributed by atoms with Crippen LogP contribution >= 0.6 is 0 Å². The Hall–Kier alpha value is -1.78. The van der Waals surface area contributed by atoms with Crippen LogP contribution in [0.5, 0.6) is 0 Å². The number of hydrogen-bond donors (Lipinski definition) is 2. The Balaban J connectivity index is 1.99. The summed E-state index contributed by atoms with van der Waals surface area (Å²) >= 11 is 0. The van der Waals surface area contributed by atoms with Crippen molar-refractivity contribution in [1.29, 1.82) is 0 Å². The molecule has 19 heavy (non-hydrogen) atoms. The van der Waals surface area contributed by atoms with E-state index < -0.39 is 5.97 Å². The van der Waals surface area contributed by atoms with Gasteiger partial charge in [0.25, 0.3) is 5.91 Å². The van der Waals surface area contributed by atoms with Crippen molar-refractivity contribution in [2.24, 2.45) is 13.0 Å². The van der Waals surface area contributed by atoms with Gasteiger partial charge in [0.1, 0.15) is 5.69 Å². The highest BCUT2D eigenvalue weighted by molar-refractivity contribution is 5.93. The monoisotopic (exact) mass is 264 g/mol. The molecule has 2 N–H and O–H groups in total. The van der Waals surface area contributed by atoms with Gasteiger partial charge in [0, 0.05) is 18.8 Å². The summed E-state index contributed by atoms with van der Waals surface area (Å²) in [6.07, 6.45) is 2.96. The van der Waals surface area contributed by atoms with Crippen LogP contribution < -0.4 is 5.32 Å². The largest absolute Gasteiger partial charge is 0.481 e. The Morgan fingerprint density at radius 2 is 2.11 bits per heavy atom. The molecule has 5 heteroatoms. The number of nitrogens with zero attached hydrogens (tertiary/aromatic N) is 1. The molecule has 1 aromatic rings. The standard InChI is InChI=1S/C14H20N2O3/c1-9-6-7-12(16(9)2)13(17)15-11-5-3-4-10(8-11)14(18)19/h6-7,10-11H,3-5,8H2,1-2H3,(H,15,17)(H,18,19). The van der Waals surface area contributed by atoms with Crippen LogP contribution in [0, 0.1) is 12.8 Å². The van der Waals surface area contributed by atoms with E-state index in [0.717, 1.165) is 18.5 Å². The molecule has 2 atom stereocenters. The Morgan fingerprint density at radius 3 is 2.68 bits per heavy atom. The predicted molar refractivity (Wildman–Crippen MR) is 71.0 cm³/mol. The molecule has 1 amide bonds. The number of carbonyl (C=O) groups excluding carboxylic acids is 1. The maximum absolute atomic E-state index is 12.1. The summed E-state index contributed by atoms with van der Waals surface area (Å²) in [5, 5.41) is 12.0. The van der Waals surface area contributed by atoms with Crippen molar-refractivity contribution in [1.82, 2.24) is 9.88 Å². The van der Waals surface area contributed by atoms with Gasteiger partial charge in [0.05, 0.1) is 5.92 Å². The van der Waals surface area contributed by atoms with Gasteiger partial charge < -0.3 is 15.0 Å². The molecule has 1 aliphatic rings. The van der Waals surface area contributed by atoms with Gasteiger partial charge in [-0.05, 0) is 38.3 Å². The average molecular weight is 264 g/mol. The topological polar surface area (TPSA) is 71.3 Å². The molecule has 0 aromatic carbocycles. The number of carboxylic acids is 1. The predicted octanol–water partition coefficient (Wildman–Crippen LogP) is 1.71. The van der Waals surface area contributed by atoms with Gasteiger partial charge in [0.15, 0.2) is 0 Å². The summed E-state index contributed by atoms with van der Waals surface area (Å²) in [4.78, 5) is 23.1. The second-order valence-electron chi connectivity index (χ2n) is 5.29. The summed E-state index contributed by atoms with van der Waals surface area (Å²) in [6.45, 7) is 1.94. The quantitative estimate of drug-likeness (QED) is 0.873. The zero-order chi connectivity index (χ0) is 14.0. The minimum atomic E-state index is -0.756. The fourth-order valence-electron chi connectivity index (χ4n) is 2.65. The Bertz CT molecular complexity index is 493. The van der Waals surface area contributed by atoms with Crippen LogP contribution in [-0.2, 0) is 11.8 Å². The third-order valence-electron chi connectivity index (χ3n) is 3.96. The van der Waals surface area contributed by atoms with E-state index in [-0.39, 0.29) is 17.9 Å². The Kier molecular flexibility index (Phi) is 3.93. The highest BCUT2D eigenvalue weighted by Gasteiger charge is 2.28. The fraction of sp³-hybridized carbons (Fsp3) is 0.571. The van der Waals surface area contributed by atoms with Gasteiger partial charge in [-0.25, -0.2) is 0 Å². The van der Waals surface area contributed by atoms with Crippen molar-refractivity contribution in [3.8, 4) is 0 Å². The SMILES string of the molecule is Cc1ccc(C(=O)NC2CCCC(C(=O)O)C2)n1C. The van der Waals surface area contributed by atoms with Gasteiger partial charge in [-0.1, -0.05) is 6.42 Å². The molecule has 2 unspecified atom stereocenters. The minimum Gasteiger partial charge on any atom is -0.481 e. The van der Waals surface area contributed by atoms with E-state index in [9.17, 15) is 9.59 Å². The molecule has 1 aromatic heterocycles. The van der Waals surface area contributed by atoms with E-state index in [1.165, 1.54) is 0 Å². The van der Waals surface area contributed by atoms with E-state index >= 15 is 0 Å². The molecule has 0 spiro atoms. The van der Waals surface area contributed by atoms with Crippen molar-refractivity contribution < 1.29 is 14.7 Å². The van der Waals surface area contributed by atoms with Crippen molar-refractivity contribution in [2.45, 2.75) is 38.6 Å². The molecule has 1 fully saturated rings. The number of rotatable bonds is 3. The van der Waals surface area contributed by atoms with Crippen molar-refractivity contribution in [3.05, 3.63) is 23.5 Å².